The van der Waals surface area contributed by atoms with E-state index in [1.54, 1.807) is 19.1 Å². The maximum atomic E-state index is 13.0. The molecule has 0 bridgehead atoms. The highest BCUT2D eigenvalue weighted by Crippen LogP contribution is 2.38. The van der Waals surface area contributed by atoms with Gasteiger partial charge < -0.3 is 5.11 Å². The minimum atomic E-state index is -4.10. The molecule has 2 aromatic carbocycles. The van der Waals surface area contributed by atoms with Gasteiger partial charge in [0.1, 0.15) is 9.93 Å². The van der Waals surface area contributed by atoms with Gasteiger partial charge in [-0.25, -0.2) is 0 Å². The van der Waals surface area contributed by atoms with Crippen molar-refractivity contribution in [3.05, 3.63) is 63.7 Å². The van der Waals surface area contributed by atoms with Gasteiger partial charge in [-0.15, -0.1) is 23.2 Å². The molecule has 0 radical (unpaired) electrons. The monoisotopic (exact) mass is 486 g/mol. The third-order valence-electron chi connectivity index (χ3n) is 5.65. The molecular weight excluding hydrogens is 455 g/mol. The first-order valence-corrected chi connectivity index (χ1v) is 12.6. The van der Waals surface area contributed by atoms with E-state index < -0.39 is 26.7 Å². The molecule has 2 aromatic rings. The first-order valence-electron chi connectivity index (χ1n) is 10.4. The highest BCUT2D eigenvalue weighted by Gasteiger charge is 2.39. The Morgan fingerprint density at radius 2 is 1.42 bits per heavy atom. The van der Waals surface area contributed by atoms with Crippen LogP contribution in [-0.2, 0) is 32.7 Å². The summed E-state index contributed by atoms with van der Waals surface area (Å²) in [6, 6.07) is 8.86. The first kappa shape index (κ1) is 26.1. The quantitative estimate of drug-likeness (QED) is 0.353. The summed E-state index contributed by atoms with van der Waals surface area (Å²) in [5, 5.41) is 11.5. The van der Waals surface area contributed by atoms with Gasteiger partial charge in [0.25, 0.3) is 10.1 Å². The molecule has 2 rings (SSSR count). The highest BCUT2D eigenvalue weighted by molar-refractivity contribution is 7.86. The van der Waals surface area contributed by atoms with E-state index in [1.165, 1.54) is 0 Å². The minimum absolute atomic E-state index is 0.0850. The molecule has 172 valence electrons. The molecule has 0 fully saturated rings. The van der Waals surface area contributed by atoms with Crippen molar-refractivity contribution in [2.75, 3.05) is 6.61 Å². The smallest absolute Gasteiger partial charge is 0.297 e. The van der Waals surface area contributed by atoms with Gasteiger partial charge in [-0.05, 0) is 86.1 Å². The lowest BCUT2D eigenvalue weighted by molar-refractivity contribution is -0.0175. The van der Waals surface area contributed by atoms with Crippen LogP contribution < -0.4 is 0 Å². The van der Waals surface area contributed by atoms with Crippen molar-refractivity contribution in [3.8, 4) is 0 Å². The van der Waals surface area contributed by atoms with E-state index in [4.69, 9.17) is 27.4 Å². The van der Waals surface area contributed by atoms with Crippen LogP contribution in [0.1, 0.15) is 60.6 Å². The average Bonchev–Trinajstić information content (AvgIpc) is 2.68. The van der Waals surface area contributed by atoms with Gasteiger partial charge >= 0.3 is 0 Å². The van der Waals surface area contributed by atoms with E-state index in [1.807, 2.05) is 52.8 Å². The molecule has 1 N–H and O–H groups in total. The van der Waals surface area contributed by atoms with Crippen LogP contribution in [0.2, 0.25) is 0 Å². The van der Waals surface area contributed by atoms with Crippen molar-refractivity contribution in [2.24, 2.45) is 0 Å². The van der Waals surface area contributed by atoms with Gasteiger partial charge in [-0.1, -0.05) is 32.0 Å². The predicted octanol–water partition coefficient (Wildman–Crippen LogP) is 5.91. The number of aliphatic hydroxyl groups is 1. The van der Waals surface area contributed by atoms with Gasteiger partial charge in [0.2, 0.25) is 0 Å². The molecule has 1 atom stereocenters. The summed E-state index contributed by atoms with van der Waals surface area (Å²) in [7, 11) is -4.10. The van der Waals surface area contributed by atoms with Crippen LogP contribution in [0, 0.1) is 20.8 Å². The average molecular weight is 487 g/mol. The lowest BCUT2D eigenvalue weighted by atomic mass is 9.86. The Morgan fingerprint density at radius 3 is 1.84 bits per heavy atom. The number of hydrogen-bond donors (Lipinski definition) is 1. The van der Waals surface area contributed by atoms with Gasteiger partial charge in [-0.2, -0.15) is 8.42 Å². The molecule has 0 heterocycles. The normalized spacial score (nSPS) is 14.5. The van der Waals surface area contributed by atoms with Crippen molar-refractivity contribution >= 4 is 33.3 Å². The Hall–Kier alpha value is -1.11. The number of benzene rings is 2. The molecule has 31 heavy (non-hydrogen) atoms. The van der Waals surface area contributed by atoms with E-state index in [0.717, 1.165) is 27.8 Å². The van der Waals surface area contributed by atoms with E-state index in [-0.39, 0.29) is 11.3 Å². The Bertz CT molecular complexity index is 997. The molecule has 0 spiro atoms. The van der Waals surface area contributed by atoms with Crippen LogP contribution in [0.3, 0.4) is 0 Å². The molecule has 0 saturated heterocycles. The van der Waals surface area contributed by atoms with Crippen LogP contribution in [0.25, 0.3) is 0 Å². The predicted molar refractivity (Wildman–Crippen MR) is 128 cm³/mol. The van der Waals surface area contributed by atoms with Crippen molar-refractivity contribution in [2.45, 2.75) is 75.6 Å². The summed E-state index contributed by atoms with van der Waals surface area (Å²) < 4.78 is 30.1. The van der Waals surface area contributed by atoms with Gasteiger partial charge in [0.05, 0.1) is 11.5 Å². The Labute approximate surface area is 196 Å². The summed E-state index contributed by atoms with van der Waals surface area (Å²) >= 11 is 12.4. The van der Waals surface area contributed by atoms with Gasteiger partial charge in [-0.3, -0.25) is 4.18 Å². The standard InChI is InChI=1S/C24H32Cl2O4S/c1-7-19-11-20(8-2)13-22(12-19)31(28,29)30-15-24(27,14-23(6,25)26)21-9-16(3)18(5)17(4)10-21/h9-13,27H,7-8,14-15H2,1-6H3. The van der Waals surface area contributed by atoms with Crippen LogP contribution in [0.15, 0.2) is 35.2 Å². The largest absolute Gasteiger partial charge is 0.383 e. The summed E-state index contributed by atoms with van der Waals surface area (Å²) in [6.45, 7) is 10.9. The molecule has 1 unspecified atom stereocenters. The summed E-state index contributed by atoms with van der Waals surface area (Å²) in [5.74, 6) is 0. The molecular formula is C24H32Cl2O4S. The maximum absolute atomic E-state index is 13.0. The third kappa shape index (κ3) is 6.69. The van der Waals surface area contributed by atoms with E-state index in [0.29, 0.717) is 18.4 Å². The third-order valence-corrected chi connectivity index (χ3v) is 7.16. The zero-order valence-electron chi connectivity index (χ0n) is 19.1. The Morgan fingerprint density at radius 1 is 0.935 bits per heavy atom. The molecule has 0 saturated carbocycles. The van der Waals surface area contributed by atoms with E-state index in [9.17, 15) is 13.5 Å². The van der Waals surface area contributed by atoms with Crippen LogP contribution in [0.4, 0.5) is 0 Å². The fraction of sp³-hybridized carbons (Fsp3) is 0.500. The van der Waals surface area contributed by atoms with Gasteiger partial charge in [0.15, 0.2) is 0 Å². The SMILES string of the molecule is CCc1cc(CC)cc(S(=O)(=O)OCC(O)(CC(C)(Cl)Cl)c2cc(C)c(C)c(C)c2)c1. The van der Waals surface area contributed by atoms with Crippen LogP contribution in [-0.4, -0.2) is 24.5 Å². The number of halogens is 2. The summed E-state index contributed by atoms with van der Waals surface area (Å²) in [6.07, 6.45) is 1.31. The maximum Gasteiger partial charge on any atom is 0.297 e. The molecule has 7 heteroatoms. The second-order valence-electron chi connectivity index (χ2n) is 8.42. The fourth-order valence-electron chi connectivity index (χ4n) is 3.58. The topological polar surface area (TPSA) is 63.6 Å². The number of rotatable bonds is 9. The molecule has 0 aliphatic heterocycles. The lowest BCUT2D eigenvalue weighted by Crippen LogP contribution is -2.37. The lowest BCUT2D eigenvalue weighted by Gasteiger charge is -2.33. The molecule has 0 amide bonds. The zero-order valence-corrected chi connectivity index (χ0v) is 21.4. The van der Waals surface area contributed by atoms with Crippen LogP contribution >= 0.6 is 23.2 Å². The van der Waals surface area contributed by atoms with E-state index >= 15 is 0 Å². The minimum Gasteiger partial charge on any atom is -0.383 e. The van der Waals surface area contributed by atoms with E-state index in [2.05, 4.69) is 0 Å². The van der Waals surface area contributed by atoms with Crippen molar-refractivity contribution in [1.82, 2.24) is 0 Å². The summed E-state index contributed by atoms with van der Waals surface area (Å²) in [5.41, 5.74) is 3.71. The highest BCUT2D eigenvalue weighted by atomic mass is 35.5. The number of aryl methyl sites for hydroxylation is 4. The molecule has 4 nitrogen and oxygen atoms in total. The zero-order chi connectivity index (χ0) is 23.6. The first-order chi connectivity index (χ1) is 14.2. The molecule has 0 aliphatic carbocycles. The number of alkyl halides is 2. The van der Waals surface area contributed by atoms with Crippen molar-refractivity contribution in [3.63, 3.8) is 0 Å². The fourth-order valence-corrected chi connectivity index (χ4v) is 5.10. The molecule has 0 aromatic heterocycles. The Kier molecular flexibility index (Phi) is 8.26. The Balaban J connectivity index is 2.45. The number of hydrogen-bond acceptors (Lipinski definition) is 4. The molecule has 0 aliphatic rings. The van der Waals surface area contributed by atoms with Gasteiger partial charge in [0, 0.05) is 6.42 Å². The van der Waals surface area contributed by atoms with Crippen LogP contribution in [0.5, 0.6) is 0 Å². The van der Waals surface area contributed by atoms with Crippen molar-refractivity contribution < 1.29 is 17.7 Å². The second-order valence-corrected chi connectivity index (χ2v) is 11.9. The van der Waals surface area contributed by atoms with Crippen molar-refractivity contribution in [1.29, 1.82) is 0 Å². The second kappa shape index (κ2) is 9.80. The summed E-state index contributed by atoms with van der Waals surface area (Å²) in [4.78, 5) is 0.0850.